The molecule has 3 nitrogen and oxygen atoms in total. The molecule has 0 amide bonds. The molecule has 0 atom stereocenters. The highest BCUT2D eigenvalue weighted by Crippen LogP contribution is 1.97. The molecule has 0 fully saturated rings. The topological polar surface area (TPSA) is 48.2 Å². The molecule has 0 aromatic rings. The van der Waals surface area contributed by atoms with Crippen molar-refractivity contribution in [2.24, 2.45) is 5.92 Å². The number of hydrogen-bond donors (Lipinski definition) is 0. The second-order valence-electron chi connectivity index (χ2n) is 2.59. The molecule has 0 unspecified atom stereocenters. The van der Waals surface area contributed by atoms with Gasteiger partial charge in [-0.25, -0.2) is 8.42 Å². The van der Waals surface area contributed by atoms with E-state index in [1.165, 1.54) is 0 Å². The molecule has 61 valence electrons. The van der Waals surface area contributed by atoms with Gasteiger partial charge in [0.05, 0.1) is 5.75 Å². The molecule has 0 aromatic heterocycles. The number of hydrogen-bond acceptors (Lipinski definition) is 2. The van der Waals surface area contributed by atoms with E-state index in [0.29, 0.717) is 6.54 Å². The average molecular weight is 164 g/mol. The van der Waals surface area contributed by atoms with E-state index in [1.54, 1.807) is 6.92 Å². The van der Waals surface area contributed by atoms with Crippen molar-refractivity contribution in [2.45, 2.75) is 20.8 Å². The summed E-state index contributed by atoms with van der Waals surface area (Å²) in [6, 6.07) is 0. The zero-order valence-corrected chi connectivity index (χ0v) is 7.48. The van der Waals surface area contributed by atoms with Gasteiger partial charge in [-0.3, -0.25) is 0 Å². The molecule has 0 aliphatic carbocycles. The van der Waals surface area contributed by atoms with Gasteiger partial charge in [0.25, 0.3) is 0 Å². The van der Waals surface area contributed by atoms with Gasteiger partial charge in [0.15, 0.2) is 0 Å². The van der Waals surface area contributed by atoms with Crippen molar-refractivity contribution in [2.75, 3.05) is 12.3 Å². The van der Waals surface area contributed by atoms with Crippen LogP contribution in [-0.4, -0.2) is 20.7 Å². The predicted octanol–water partition coefficient (Wildman–Crippen LogP) is 0.596. The quantitative estimate of drug-likeness (QED) is 0.610. The Morgan fingerprint density at radius 1 is 1.40 bits per heavy atom. The maximum atomic E-state index is 10.9. The first-order chi connectivity index (χ1) is 4.48. The van der Waals surface area contributed by atoms with Gasteiger partial charge in [0, 0.05) is 6.54 Å². The van der Waals surface area contributed by atoms with Crippen molar-refractivity contribution in [3.8, 4) is 0 Å². The second kappa shape index (κ2) is 3.93. The zero-order valence-electron chi connectivity index (χ0n) is 6.66. The lowest BCUT2D eigenvalue weighted by Crippen LogP contribution is -2.22. The summed E-state index contributed by atoms with van der Waals surface area (Å²) < 4.78 is 25.2. The Morgan fingerprint density at radius 3 is 2.20 bits per heavy atom. The third-order valence-electron chi connectivity index (χ3n) is 0.870. The highest BCUT2D eigenvalue weighted by molar-refractivity contribution is 7.89. The summed E-state index contributed by atoms with van der Waals surface area (Å²) in [5.41, 5.74) is 0. The molecule has 4 heteroatoms. The van der Waals surface area contributed by atoms with E-state index in [2.05, 4.69) is 4.72 Å². The molecule has 0 saturated carbocycles. The monoisotopic (exact) mass is 164 g/mol. The van der Waals surface area contributed by atoms with Gasteiger partial charge < -0.3 is 0 Å². The largest absolute Gasteiger partial charge is 0.228 e. The van der Waals surface area contributed by atoms with Gasteiger partial charge in [-0.05, 0) is 12.8 Å². The fourth-order valence-electron chi connectivity index (χ4n) is 0.671. The van der Waals surface area contributed by atoms with Crippen LogP contribution in [0, 0.1) is 5.92 Å². The summed E-state index contributed by atoms with van der Waals surface area (Å²) in [4.78, 5) is 0. The smallest absolute Gasteiger partial charge is 0.211 e. The van der Waals surface area contributed by atoms with Crippen LogP contribution in [0.3, 0.4) is 0 Å². The molecular formula is C6H14NO2S. The van der Waals surface area contributed by atoms with Crippen LogP contribution in [0.1, 0.15) is 20.8 Å². The Bertz CT molecular complexity index is 172. The fraction of sp³-hybridized carbons (Fsp3) is 1.00. The van der Waals surface area contributed by atoms with Crippen LogP contribution < -0.4 is 4.72 Å². The van der Waals surface area contributed by atoms with Crippen molar-refractivity contribution in [3.63, 3.8) is 0 Å². The SMILES string of the molecule is CC[N]S(=O)(=O)CC(C)C. The minimum absolute atomic E-state index is 0.167. The first-order valence-electron chi connectivity index (χ1n) is 3.39. The lowest BCUT2D eigenvalue weighted by atomic mass is 10.3. The van der Waals surface area contributed by atoms with E-state index in [0.717, 1.165) is 0 Å². The number of nitrogens with zero attached hydrogens (tertiary/aromatic N) is 1. The van der Waals surface area contributed by atoms with Crippen LogP contribution in [0.5, 0.6) is 0 Å². The van der Waals surface area contributed by atoms with Crippen molar-refractivity contribution in [3.05, 3.63) is 0 Å². The van der Waals surface area contributed by atoms with Gasteiger partial charge in [-0.15, -0.1) is 4.72 Å². The van der Waals surface area contributed by atoms with Crippen molar-refractivity contribution in [1.82, 2.24) is 4.72 Å². The van der Waals surface area contributed by atoms with E-state index in [9.17, 15) is 8.42 Å². The summed E-state index contributed by atoms with van der Waals surface area (Å²) in [5, 5.41) is 0. The molecule has 0 N–H and O–H groups in total. The molecule has 0 rings (SSSR count). The van der Waals surface area contributed by atoms with Crippen molar-refractivity contribution in [1.29, 1.82) is 0 Å². The minimum Gasteiger partial charge on any atom is -0.211 e. The summed E-state index contributed by atoms with van der Waals surface area (Å²) in [5.74, 6) is 0.334. The first-order valence-corrected chi connectivity index (χ1v) is 5.00. The summed E-state index contributed by atoms with van der Waals surface area (Å²) in [6.45, 7) is 5.80. The van der Waals surface area contributed by atoms with Crippen LogP contribution in [0.2, 0.25) is 0 Å². The Hall–Kier alpha value is -0.0900. The Morgan fingerprint density at radius 2 is 1.90 bits per heavy atom. The standard InChI is InChI=1S/C6H14NO2S/c1-4-7-10(8,9)5-6(2)3/h6H,4-5H2,1-3H3. The number of sulfonamides is 1. The van der Waals surface area contributed by atoms with E-state index in [1.807, 2.05) is 13.8 Å². The molecular weight excluding hydrogens is 150 g/mol. The molecule has 0 aliphatic heterocycles. The molecule has 0 heterocycles. The third-order valence-corrected chi connectivity index (χ3v) is 2.61. The molecule has 0 bridgehead atoms. The molecule has 0 aromatic carbocycles. The average Bonchev–Trinajstić information content (AvgIpc) is 1.59. The van der Waals surface area contributed by atoms with Crippen LogP contribution >= 0.6 is 0 Å². The van der Waals surface area contributed by atoms with E-state index >= 15 is 0 Å². The molecule has 0 saturated heterocycles. The Kier molecular flexibility index (Phi) is 3.89. The Labute approximate surface area is 62.9 Å². The Balaban J connectivity index is 3.89. The van der Waals surface area contributed by atoms with Gasteiger partial charge in [0.1, 0.15) is 0 Å². The normalized spacial score (nSPS) is 12.4. The van der Waals surface area contributed by atoms with Crippen LogP contribution in [0.4, 0.5) is 0 Å². The molecule has 0 aliphatic rings. The molecule has 1 radical (unpaired) electrons. The van der Waals surface area contributed by atoms with Crippen LogP contribution in [0.15, 0.2) is 0 Å². The minimum atomic E-state index is -3.11. The van der Waals surface area contributed by atoms with Crippen LogP contribution in [-0.2, 0) is 10.0 Å². The van der Waals surface area contributed by atoms with Gasteiger partial charge in [-0.1, -0.05) is 13.8 Å². The van der Waals surface area contributed by atoms with Gasteiger partial charge in [0.2, 0.25) is 10.0 Å². The zero-order chi connectivity index (χ0) is 8.20. The lowest BCUT2D eigenvalue weighted by Gasteiger charge is -2.03. The first kappa shape index (κ1) is 9.91. The van der Waals surface area contributed by atoms with E-state index in [-0.39, 0.29) is 11.7 Å². The van der Waals surface area contributed by atoms with Crippen molar-refractivity contribution < 1.29 is 8.42 Å². The highest BCUT2D eigenvalue weighted by atomic mass is 32.2. The third kappa shape index (κ3) is 4.76. The van der Waals surface area contributed by atoms with Gasteiger partial charge in [-0.2, -0.15) is 0 Å². The van der Waals surface area contributed by atoms with Crippen molar-refractivity contribution >= 4 is 10.0 Å². The van der Waals surface area contributed by atoms with Crippen LogP contribution in [0.25, 0.3) is 0 Å². The molecule has 10 heavy (non-hydrogen) atoms. The summed E-state index contributed by atoms with van der Waals surface area (Å²) in [7, 11) is -3.11. The molecule has 0 spiro atoms. The summed E-state index contributed by atoms with van der Waals surface area (Å²) in [6.07, 6.45) is 0. The number of rotatable bonds is 4. The van der Waals surface area contributed by atoms with Gasteiger partial charge >= 0.3 is 0 Å². The second-order valence-corrected chi connectivity index (χ2v) is 4.34. The summed E-state index contributed by atoms with van der Waals surface area (Å²) >= 11 is 0. The van der Waals surface area contributed by atoms with E-state index < -0.39 is 10.0 Å². The van der Waals surface area contributed by atoms with E-state index in [4.69, 9.17) is 0 Å². The highest BCUT2D eigenvalue weighted by Gasteiger charge is 2.11. The maximum Gasteiger partial charge on any atom is 0.228 e. The predicted molar refractivity (Wildman–Crippen MR) is 41.3 cm³/mol. The fourth-order valence-corrected chi connectivity index (χ4v) is 2.01. The lowest BCUT2D eigenvalue weighted by molar-refractivity contribution is 0.569. The maximum absolute atomic E-state index is 10.9.